The van der Waals surface area contributed by atoms with Gasteiger partial charge in [0.1, 0.15) is 5.01 Å². The minimum atomic E-state index is -0.381. The Kier molecular flexibility index (Phi) is 5.43. The highest BCUT2D eigenvalue weighted by Gasteiger charge is 2.18. The van der Waals surface area contributed by atoms with Crippen LogP contribution in [0.3, 0.4) is 0 Å². The second kappa shape index (κ2) is 7.93. The number of benzene rings is 2. The van der Waals surface area contributed by atoms with Crippen molar-refractivity contribution in [3.63, 3.8) is 0 Å². The van der Waals surface area contributed by atoms with Gasteiger partial charge in [-0.25, -0.2) is 9.78 Å². The maximum Gasteiger partial charge on any atom is 0.338 e. The molecular formula is C20H18N2O3S. The van der Waals surface area contributed by atoms with Crippen molar-refractivity contribution in [2.75, 3.05) is 11.5 Å². The second-order valence-corrected chi connectivity index (χ2v) is 6.36. The van der Waals surface area contributed by atoms with E-state index >= 15 is 0 Å². The van der Waals surface area contributed by atoms with Gasteiger partial charge in [-0.05, 0) is 31.2 Å². The molecule has 1 aromatic heterocycles. The molecule has 132 valence electrons. The summed E-state index contributed by atoms with van der Waals surface area (Å²) in [5.41, 5.74) is 2.10. The summed E-state index contributed by atoms with van der Waals surface area (Å²) >= 11 is 1.48. The lowest BCUT2D eigenvalue weighted by molar-refractivity contribution is -0.115. The molecular weight excluding hydrogens is 348 g/mol. The van der Waals surface area contributed by atoms with Crippen molar-refractivity contribution in [2.45, 2.75) is 13.8 Å². The lowest BCUT2D eigenvalue weighted by Gasteiger charge is -2.18. The lowest BCUT2D eigenvalue weighted by Crippen LogP contribution is -2.23. The molecule has 0 saturated carbocycles. The summed E-state index contributed by atoms with van der Waals surface area (Å²) < 4.78 is 4.98. The number of carbonyl (C=O) groups is 2. The van der Waals surface area contributed by atoms with Gasteiger partial charge in [0.05, 0.1) is 17.9 Å². The Labute approximate surface area is 155 Å². The molecule has 0 atom stereocenters. The average molecular weight is 366 g/mol. The van der Waals surface area contributed by atoms with Crippen molar-refractivity contribution in [2.24, 2.45) is 0 Å². The van der Waals surface area contributed by atoms with E-state index in [9.17, 15) is 9.59 Å². The summed E-state index contributed by atoms with van der Waals surface area (Å²) in [6.45, 7) is 3.57. The van der Waals surface area contributed by atoms with Gasteiger partial charge >= 0.3 is 5.97 Å². The predicted octanol–water partition coefficient (Wildman–Crippen LogP) is 4.67. The summed E-state index contributed by atoms with van der Waals surface area (Å²) in [7, 11) is 0. The molecule has 1 amide bonds. The lowest BCUT2D eigenvalue weighted by atomic mass is 10.2. The molecule has 1 heterocycles. The number of hydrogen-bond acceptors (Lipinski definition) is 5. The summed E-state index contributed by atoms with van der Waals surface area (Å²) in [6.07, 6.45) is 0. The number of hydrogen-bond donors (Lipinski definition) is 0. The normalized spacial score (nSPS) is 10.4. The van der Waals surface area contributed by atoms with Gasteiger partial charge in [-0.3, -0.25) is 9.69 Å². The number of amides is 1. The zero-order valence-electron chi connectivity index (χ0n) is 14.5. The van der Waals surface area contributed by atoms with Crippen molar-refractivity contribution in [1.29, 1.82) is 0 Å². The Morgan fingerprint density at radius 3 is 2.38 bits per heavy atom. The Morgan fingerprint density at radius 2 is 1.77 bits per heavy atom. The number of ether oxygens (including phenoxy) is 1. The number of thiazole rings is 1. The van der Waals surface area contributed by atoms with Gasteiger partial charge in [-0.2, -0.15) is 0 Å². The fraction of sp³-hybridized carbons (Fsp3) is 0.150. The van der Waals surface area contributed by atoms with E-state index in [1.54, 1.807) is 31.2 Å². The van der Waals surface area contributed by atoms with E-state index in [2.05, 4.69) is 4.98 Å². The van der Waals surface area contributed by atoms with Crippen molar-refractivity contribution in [1.82, 2.24) is 4.98 Å². The molecule has 0 aliphatic rings. The highest BCUT2D eigenvalue weighted by molar-refractivity contribution is 7.13. The molecule has 3 rings (SSSR count). The summed E-state index contributed by atoms with van der Waals surface area (Å²) in [4.78, 5) is 30.1. The third-order valence-corrected chi connectivity index (χ3v) is 4.57. The first-order valence-electron chi connectivity index (χ1n) is 8.19. The maximum atomic E-state index is 12.2. The van der Waals surface area contributed by atoms with Gasteiger partial charge in [-0.15, -0.1) is 11.3 Å². The third-order valence-electron chi connectivity index (χ3n) is 3.69. The van der Waals surface area contributed by atoms with Crippen LogP contribution in [0.25, 0.3) is 10.6 Å². The Hall–Kier alpha value is -2.99. The zero-order chi connectivity index (χ0) is 18.5. The first-order chi connectivity index (χ1) is 12.6. The fourth-order valence-corrected chi connectivity index (χ4v) is 3.31. The highest BCUT2D eigenvalue weighted by atomic mass is 32.1. The van der Waals surface area contributed by atoms with Crippen LogP contribution < -0.4 is 4.90 Å². The molecule has 3 aromatic rings. The van der Waals surface area contributed by atoms with Gasteiger partial charge < -0.3 is 4.74 Å². The van der Waals surface area contributed by atoms with Crippen LogP contribution in [0, 0.1) is 0 Å². The van der Waals surface area contributed by atoms with Crippen LogP contribution in [0.15, 0.2) is 60.0 Å². The van der Waals surface area contributed by atoms with Crippen molar-refractivity contribution >= 4 is 34.7 Å². The molecule has 0 fully saturated rings. The Morgan fingerprint density at radius 1 is 1.08 bits per heavy atom. The van der Waals surface area contributed by atoms with Gasteiger partial charge in [0, 0.05) is 17.9 Å². The zero-order valence-corrected chi connectivity index (χ0v) is 15.3. The first kappa shape index (κ1) is 17.8. The fourth-order valence-electron chi connectivity index (χ4n) is 2.52. The van der Waals surface area contributed by atoms with Crippen LogP contribution >= 0.6 is 11.3 Å². The number of aromatic nitrogens is 1. The minimum Gasteiger partial charge on any atom is -0.462 e. The van der Waals surface area contributed by atoms with E-state index in [1.807, 2.05) is 35.7 Å². The number of nitrogens with zero attached hydrogens (tertiary/aromatic N) is 2. The maximum absolute atomic E-state index is 12.2. The molecule has 0 aliphatic carbocycles. The van der Waals surface area contributed by atoms with Crippen LogP contribution in [0.1, 0.15) is 24.2 Å². The van der Waals surface area contributed by atoms with E-state index in [-0.39, 0.29) is 11.9 Å². The molecule has 6 heteroatoms. The van der Waals surface area contributed by atoms with Crippen LogP contribution in [0.5, 0.6) is 0 Å². The van der Waals surface area contributed by atoms with Gasteiger partial charge in [0.25, 0.3) is 0 Å². The number of rotatable bonds is 5. The summed E-state index contributed by atoms with van der Waals surface area (Å²) in [5.74, 6) is 0.0254. The van der Waals surface area contributed by atoms with E-state index in [0.29, 0.717) is 23.7 Å². The van der Waals surface area contributed by atoms with E-state index in [0.717, 1.165) is 10.6 Å². The minimum absolute atomic E-state index is 0.154. The molecule has 0 saturated heterocycles. The molecule has 0 N–H and O–H groups in total. The van der Waals surface area contributed by atoms with Crippen molar-refractivity contribution in [3.05, 3.63) is 65.5 Å². The number of anilines is 2. The monoisotopic (exact) mass is 366 g/mol. The van der Waals surface area contributed by atoms with Crippen LogP contribution in [0.4, 0.5) is 11.5 Å². The largest absolute Gasteiger partial charge is 0.462 e. The standard InChI is InChI=1S/C20H18N2O3S/c1-3-25-20(24)16-9-11-17(12-10-16)22(14(2)23)18-13-26-19(21-18)15-7-5-4-6-8-15/h4-13H,3H2,1-2H3. The molecule has 0 unspecified atom stereocenters. The Bertz CT molecular complexity index is 904. The Balaban J connectivity index is 1.90. The second-order valence-electron chi connectivity index (χ2n) is 5.50. The van der Waals surface area contributed by atoms with Gasteiger partial charge in [0.15, 0.2) is 5.82 Å². The van der Waals surface area contributed by atoms with Crippen molar-refractivity contribution < 1.29 is 14.3 Å². The third kappa shape index (κ3) is 3.81. The van der Waals surface area contributed by atoms with Crippen LogP contribution in [0.2, 0.25) is 0 Å². The van der Waals surface area contributed by atoms with Gasteiger partial charge in [-0.1, -0.05) is 30.3 Å². The summed E-state index contributed by atoms with van der Waals surface area (Å²) in [5, 5.41) is 2.69. The molecule has 0 spiro atoms. The molecule has 2 aromatic carbocycles. The average Bonchev–Trinajstić information content (AvgIpc) is 3.12. The van der Waals surface area contributed by atoms with Gasteiger partial charge in [0.2, 0.25) is 5.91 Å². The quantitative estimate of drug-likeness (QED) is 0.616. The molecule has 26 heavy (non-hydrogen) atoms. The predicted molar refractivity (Wildman–Crippen MR) is 103 cm³/mol. The first-order valence-corrected chi connectivity index (χ1v) is 9.07. The molecule has 5 nitrogen and oxygen atoms in total. The highest BCUT2D eigenvalue weighted by Crippen LogP contribution is 2.31. The van der Waals surface area contributed by atoms with E-state index in [4.69, 9.17) is 4.74 Å². The molecule has 0 bridgehead atoms. The summed E-state index contributed by atoms with van der Waals surface area (Å²) in [6, 6.07) is 16.5. The smallest absolute Gasteiger partial charge is 0.338 e. The number of esters is 1. The SMILES string of the molecule is CCOC(=O)c1ccc(N(C(C)=O)c2csc(-c3ccccc3)n2)cc1. The topological polar surface area (TPSA) is 59.5 Å². The van der Waals surface area contributed by atoms with E-state index in [1.165, 1.54) is 23.2 Å². The van der Waals surface area contributed by atoms with Crippen LogP contribution in [-0.4, -0.2) is 23.5 Å². The molecule has 0 radical (unpaired) electrons. The van der Waals surface area contributed by atoms with Crippen LogP contribution in [-0.2, 0) is 9.53 Å². The molecule has 0 aliphatic heterocycles. The van der Waals surface area contributed by atoms with Crippen molar-refractivity contribution in [3.8, 4) is 10.6 Å². The number of carbonyl (C=O) groups excluding carboxylic acids is 2. The van der Waals surface area contributed by atoms with E-state index < -0.39 is 0 Å².